The molecule has 1 aliphatic heterocycles. The molecule has 1 amide bonds. The fourth-order valence-corrected chi connectivity index (χ4v) is 1.89. The van der Waals surface area contributed by atoms with E-state index < -0.39 is 0 Å². The smallest absolute Gasteiger partial charge is 0.248 e. The third kappa shape index (κ3) is 3.07. The number of carbonyl (C=O) groups is 1. The van der Waals surface area contributed by atoms with E-state index in [-0.39, 0.29) is 12.5 Å². The highest BCUT2D eigenvalue weighted by Gasteiger charge is 2.17. The number of hydrogen-bond donors (Lipinski definition) is 0. The van der Waals surface area contributed by atoms with E-state index in [1.165, 1.54) is 0 Å². The molecular weight excluding hydrogens is 202 g/mol. The number of likely N-dealkylation sites (tertiary alicyclic amines) is 1. The van der Waals surface area contributed by atoms with Crippen LogP contribution in [0.25, 0.3) is 0 Å². The van der Waals surface area contributed by atoms with Crippen LogP contribution in [0.2, 0.25) is 0 Å². The molecule has 3 heteroatoms. The van der Waals surface area contributed by atoms with Crippen molar-refractivity contribution in [3.8, 4) is 0 Å². The predicted molar refractivity (Wildman–Crippen MR) is 61.9 cm³/mol. The Labute approximate surface area is 96.0 Å². The molecule has 1 aromatic carbocycles. The fourth-order valence-electron chi connectivity index (χ4n) is 1.89. The van der Waals surface area contributed by atoms with Gasteiger partial charge in [0.2, 0.25) is 5.91 Å². The molecule has 1 fully saturated rings. The quantitative estimate of drug-likeness (QED) is 0.773. The van der Waals surface area contributed by atoms with Crippen LogP contribution in [0.3, 0.4) is 0 Å². The normalized spacial score (nSPS) is 15.4. The van der Waals surface area contributed by atoms with Crippen molar-refractivity contribution in [2.45, 2.75) is 19.4 Å². The lowest BCUT2D eigenvalue weighted by Crippen LogP contribution is -2.31. The molecule has 1 aromatic rings. The molecule has 1 heterocycles. The summed E-state index contributed by atoms with van der Waals surface area (Å²) in [4.78, 5) is 13.5. The average Bonchev–Trinajstić information content (AvgIpc) is 2.84. The van der Waals surface area contributed by atoms with Gasteiger partial charge in [0.05, 0.1) is 6.61 Å². The Kier molecular flexibility index (Phi) is 3.94. The van der Waals surface area contributed by atoms with Gasteiger partial charge in [-0.1, -0.05) is 30.3 Å². The Morgan fingerprint density at radius 2 is 1.88 bits per heavy atom. The Morgan fingerprint density at radius 1 is 1.19 bits per heavy atom. The predicted octanol–water partition coefficient (Wildman–Crippen LogP) is 1.83. The van der Waals surface area contributed by atoms with E-state index >= 15 is 0 Å². The van der Waals surface area contributed by atoms with Crippen molar-refractivity contribution < 1.29 is 9.53 Å². The number of amides is 1. The van der Waals surface area contributed by atoms with Crippen molar-refractivity contribution in [3.63, 3.8) is 0 Å². The fraction of sp³-hybridized carbons (Fsp3) is 0.462. The van der Waals surface area contributed by atoms with Gasteiger partial charge in [0.15, 0.2) is 0 Å². The van der Waals surface area contributed by atoms with Gasteiger partial charge in [-0.05, 0) is 18.4 Å². The van der Waals surface area contributed by atoms with Crippen molar-refractivity contribution in [1.29, 1.82) is 0 Å². The maximum Gasteiger partial charge on any atom is 0.248 e. The van der Waals surface area contributed by atoms with E-state index in [0.29, 0.717) is 6.61 Å². The van der Waals surface area contributed by atoms with Crippen LogP contribution in [0.4, 0.5) is 0 Å². The lowest BCUT2D eigenvalue weighted by Gasteiger charge is -2.14. The summed E-state index contributed by atoms with van der Waals surface area (Å²) in [6.45, 7) is 2.51. The second-order valence-corrected chi connectivity index (χ2v) is 4.07. The van der Waals surface area contributed by atoms with Crippen molar-refractivity contribution >= 4 is 5.91 Å². The van der Waals surface area contributed by atoms with E-state index in [0.717, 1.165) is 31.5 Å². The van der Waals surface area contributed by atoms with Gasteiger partial charge in [0.1, 0.15) is 6.61 Å². The van der Waals surface area contributed by atoms with Crippen LogP contribution in [0.1, 0.15) is 18.4 Å². The molecular formula is C13H17NO2. The second kappa shape index (κ2) is 5.66. The minimum absolute atomic E-state index is 0.119. The molecule has 0 N–H and O–H groups in total. The van der Waals surface area contributed by atoms with Crippen LogP contribution in [0, 0.1) is 0 Å². The van der Waals surface area contributed by atoms with Crippen molar-refractivity contribution in [2.24, 2.45) is 0 Å². The number of hydrogen-bond acceptors (Lipinski definition) is 2. The summed E-state index contributed by atoms with van der Waals surface area (Å²) in [5, 5.41) is 0. The molecule has 1 saturated heterocycles. The molecule has 0 unspecified atom stereocenters. The van der Waals surface area contributed by atoms with E-state index in [1.54, 1.807) is 0 Å². The molecule has 86 valence electrons. The van der Waals surface area contributed by atoms with E-state index in [1.807, 2.05) is 35.2 Å². The van der Waals surface area contributed by atoms with Crippen LogP contribution in [-0.2, 0) is 16.1 Å². The van der Waals surface area contributed by atoms with Gasteiger partial charge in [-0.2, -0.15) is 0 Å². The first kappa shape index (κ1) is 11.1. The summed E-state index contributed by atoms with van der Waals surface area (Å²) >= 11 is 0. The average molecular weight is 219 g/mol. The van der Waals surface area contributed by atoms with Gasteiger partial charge in [-0.3, -0.25) is 4.79 Å². The highest BCUT2D eigenvalue weighted by atomic mass is 16.5. The zero-order valence-electron chi connectivity index (χ0n) is 9.39. The molecule has 0 spiro atoms. The zero-order valence-corrected chi connectivity index (χ0v) is 9.39. The molecule has 0 atom stereocenters. The minimum atomic E-state index is 0.119. The molecule has 2 rings (SSSR count). The van der Waals surface area contributed by atoms with Crippen LogP contribution in [0.15, 0.2) is 30.3 Å². The minimum Gasteiger partial charge on any atom is -0.367 e. The number of ether oxygens (including phenoxy) is 1. The van der Waals surface area contributed by atoms with E-state index in [4.69, 9.17) is 4.74 Å². The standard InChI is InChI=1S/C13H17NO2/c15-13(14-8-4-5-9-14)11-16-10-12-6-2-1-3-7-12/h1-3,6-7H,4-5,8-11H2. The summed E-state index contributed by atoms with van der Waals surface area (Å²) in [5.41, 5.74) is 1.11. The summed E-state index contributed by atoms with van der Waals surface area (Å²) < 4.78 is 5.40. The maximum atomic E-state index is 11.6. The largest absolute Gasteiger partial charge is 0.367 e. The Hall–Kier alpha value is -1.35. The third-order valence-electron chi connectivity index (χ3n) is 2.80. The van der Waals surface area contributed by atoms with Crippen molar-refractivity contribution in [2.75, 3.05) is 19.7 Å². The van der Waals surface area contributed by atoms with Crippen LogP contribution in [-0.4, -0.2) is 30.5 Å². The van der Waals surface area contributed by atoms with Gasteiger partial charge in [-0.25, -0.2) is 0 Å². The topological polar surface area (TPSA) is 29.5 Å². The lowest BCUT2D eigenvalue weighted by molar-refractivity contribution is -0.135. The molecule has 0 aliphatic carbocycles. The number of carbonyl (C=O) groups excluding carboxylic acids is 1. The van der Waals surface area contributed by atoms with Crippen molar-refractivity contribution in [3.05, 3.63) is 35.9 Å². The van der Waals surface area contributed by atoms with Gasteiger partial charge in [0, 0.05) is 13.1 Å². The highest BCUT2D eigenvalue weighted by Crippen LogP contribution is 2.08. The summed E-state index contributed by atoms with van der Waals surface area (Å²) in [6, 6.07) is 9.92. The van der Waals surface area contributed by atoms with E-state index in [2.05, 4.69) is 0 Å². The Morgan fingerprint density at radius 3 is 2.56 bits per heavy atom. The lowest BCUT2D eigenvalue weighted by atomic mass is 10.2. The van der Waals surface area contributed by atoms with Gasteiger partial charge >= 0.3 is 0 Å². The first-order chi connectivity index (χ1) is 7.86. The first-order valence-electron chi connectivity index (χ1n) is 5.76. The maximum absolute atomic E-state index is 11.6. The number of nitrogens with zero attached hydrogens (tertiary/aromatic N) is 1. The second-order valence-electron chi connectivity index (χ2n) is 4.07. The third-order valence-corrected chi connectivity index (χ3v) is 2.80. The van der Waals surface area contributed by atoms with Crippen LogP contribution in [0.5, 0.6) is 0 Å². The van der Waals surface area contributed by atoms with Gasteiger partial charge in [-0.15, -0.1) is 0 Å². The molecule has 0 aromatic heterocycles. The van der Waals surface area contributed by atoms with Gasteiger partial charge < -0.3 is 9.64 Å². The Bertz CT molecular complexity index is 331. The highest BCUT2D eigenvalue weighted by molar-refractivity contribution is 5.77. The molecule has 3 nitrogen and oxygen atoms in total. The molecule has 16 heavy (non-hydrogen) atoms. The monoisotopic (exact) mass is 219 g/mol. The molecule has 1 aliphatic rings. The van der Waals surface area contributed by atoms with Crippen LogP contribution < -0.4 is 0 Å². The first-order valence-corrected chi connectivity index (χ1v) is 5.76. The number of benzene rings is 1. The number of rotatable bonds is 4. The van der Waals surface area contributed by atoms with Gasteiger partial charge in [0.25, 0.3) is 0 Å². The van der Waals surface area contributed by atoms with Crippen LogP contribution >= 0.6 is 0 Å². The SMILES string of the molecule is O=C(COCc1ccccc1)N1CCCC1. The molecule has 0 radical (unpaired) electrons. The van der Waals surface area contributed by atoms with E-state index in [9.17, 15) is 4.79 Å². The Balaban J connectivity index is 1.70. The van der Waals surface area contributed by atoms with Crippen molar-refractivity contribution in [1.82, 2.24) is 4.90 Å². The zero-order chi connectivity index (χ0) is 11.2. The molecule has 0 bridgehead atoms. The molecule has 0 saturated carbocycles. The summed E-state index contributed by atoms with van der Waals surface area (Å²) in [6.07, 6.45) is 2.26. The summed E-state index contributed by atoms with van der Waals surface area (Å²) in [5.74, 6) is 0.119. The summed E-state index contributed by atoms with van der Waals surface area (Å²) in [7, 11) is 0.